The quantitative estimate of drug-likeness (QED) is 0.729. The second-order valence-corrected chi connectivity index (χ2v) is 5.32. The van der Waals surface area contributed by atoms with Crippen LogP contribution in [-0.2, 0) is 4.79 Å². The van der Waals surface area contributed by atoms with Crippen LogP contribution in [0.25, 0.3) is 0 Å². The molecular formula is C10H18N2OS. The van der Waals surface area contributed by atoms with Crippen molar-refractivity contribution in [3.05, 3.63) is 0 Å². The highest BCUT2D eigenvalue weighted by Crippen LogP contribution is 2.29. The van der Waals surface area contributed by atoms with Gasteiger partial charge < -0.3 is 10.2 Å². The minimum atomic E-state index is 0.315. The summed E-state index contributed by atoms with van der Waals surface area (Å²) in [7, 11) is 1.98. The zero-order valence-electron chi connectivity index (χ0n) is 8.66. The van der Waals surface area contributed by atoms with E-state index in [9.17, 15) is 4.79 Å². The number of amides is 1. The van der Waals surface area contributed by atoms with E-state index >= 15 is 0 Å². The van der Waals surface area contributed by atoms with E-state index < -0.39 is 0 Å². The Bertz CT molecular complexity index is 210. The minimum Gasteiger partial charge on any atom is -0.341 e. The highest BCUT2D eigenvalue weighted by atomic mass is 32.2. The second kappa shape index (κ2) is 4.53. The van der Waals surface area contributed by atoms with Gasteiger partial charge in [-0.3, -0.25) is 4.79 Å². The van der Waals surface area contributed by atoms with Gasteiger partial charge in [0.05, 0.1) is 0 Å². The summed E-state index contributed by atoms with van der Waals surface area (Å²) in [4.78, 5) is 14.0. The standard InChI is InChI=1S/C10H18N2OS/c1-11-9-6-8(7-9)10(13)12-2-4-14-5-3-12/h8-9,11H,2-7H2,1H3. The molecule has 0 bridgehead atoms. The maximum Gasteiger partial charge on any atom is 0.225 e. The SMILES string of the molecule is CNC1CC(C(=O)N2CCSCC2)C1. The van der Waals surface area contributed by atoms with Crippen LogP contribution in [0, 0.1) is 5.92 Å². The largest absolute Gasteiger partial charge is 0.341 e. The molecule has 1 aliphatic carbocycles. The van der Waals surface area contributed by atoms with E-state index in [0.29, 0.717) is 17.9 Å². The first-order chi connectivity index (χ1) is 6.81. The molecule has 2 fully saturated rings. The van der Waals surface area contributed by atoms with E-state index in [1.165, 1.54) is 0 Å². The van der Waals surface area contributed by atoms with Gasteiger partial charge in [0.2, 0.25) is 5.91 Å². The Labute approximate surface area is 89.6 Å². The molecule has 0 spiro atoms. The molecule has 1 heterocycles. The zero-order chi connectivity index (χ0) is 9.97. The summed E-state index contributed by atoms with van der Waals surface area (Å²) in [5, 5.41) is 3.21. The average molecular weight is 214 g/mol. The molecule has 0 aromatic rings. The maximum atomic E-state index is 11.9. The Morgan fingerprint density at radius 2 is 2.00 bits per heavy atom. The predicted octanol–water partition coefficient (Wildman–Crippen LogP) is 0.560. The molecule has 0 radical (unpaired) electrons. The molecule has 2 aliphatic rings. The number of carbonyl (C=O) groups excluding carboxylic acids is 1. The lowest BCUT2D eigenvalue weighted by molar-refractivity contribution is -0.138. The summed E-state index contributed by atoms with van der Waals surface area (Å²) in [6.07, 6.45) is 2.08. The third-order valence-electron chi connectivity index (χ3n) is 3.22. The molecule has 3 nitrogen and oxygen atoms in total. The Hall–Kier alpha value is -0.220. The van der Waals surface area contributed by atoms with E-state index in [0.717, 1.165) is 37.4 Å². The molecule has 80 valence electrons. The first-order valence-corrected chi connectivity index (χ1v) is 6.50. The van der Waals surface area contributed by atoms with Gasteiger partial charge in [-0.05, 0) is 19.9 Å². The zero-order valence-corrected chi connectivity index (χ0v) is 9.48. The normalized spacial score (nSPS) is 32.5. The van der Waals surface area contributed by atoms with Crippen LogP contribution in [0.2, 0.25) is 0 Å². The van der Waals surface area contributed by atoms with Crippen LogP contribution in [0.3, 0.4) is 0 Å². The lowest BCUT2D eigenvalue weighted by Gasteiger charge is -2.38. The van der Waals surface area contributed by atoms with Crippen molar-refractivity contribution in [2.24, 2.45) is 5.92 Å². The summed E-state index contributed by atoms with van der Waals surface area (Å²) < 4.78 is 0. The van der Waals surface area contributed by atoms with Crippen LogP contribution >= 0.6 is 11.8 Å². The molecule has 0 unspecified atom stereocenters. The number of rotatable bonds is 2. The van der Waals surface area contributed by atoms with E-state index in [4.69, 9.17) is 0 Å². The van der Waals surface area contributed by atoms with Crippen molar-refractivity contribution < 1.29 is 4.79 Å². The first kappa shape index (κ1) is 10.3. The summed E-state index contributed by atoms with van der Waals surface area (Å²) >= 11 is 1.95. The molecule has 1 amide bonds. The topological polar surface area (TPSA) is 32.3 Å². The van der Waals surface area contributed by atoms with Crippen molar-refractivity contribution in [2.75, 3.05) is 31.6 Å². The van der Waals surface area contributed by atoms with Crippen molar-refractivity contribution in [3.8, 4) is 0 Å². The molecule has 0 aromatic carbocycles. The fraction of sp³-hybridized carbons (Fsp3) is 0.900. The highest BCUT2D eigenvalue weighted by Gasteiger charge is 2.36. The Balaban J connectivity index is 1.78. The van der Waals surface area contributed by atoms with Crippen molar-refractivity contribution in [1.82, 2.24) is 10.2 Å². The van der Waals surface area contributed by atoms with Gasteiger partial charge in [0.15, 0.2) is 0 Å². The number of carbonyl (C=O) groups is 1. The minimum absolute atomic E-state index is 0.315. The number of hydrogen-bond acceptors (Lipinski definition) is 3. The Morgan fingerprint density at radius 1 is 1.36 bits per heavy atom. The van der Waals surface area contributed by atoms with Gasteiger partial charge in [0.1, 0.15) is 0 Å². The van der Waals surface area contributed by atoms with Crippen LogP contribution in [0.15, 0.2) is 0 Å². The molecule has 0 atom stereocenters. The van der Waals surface area contributed by atoms with E-state index in [2.05, 4.69) is 5.32 Å². The first-order valence-electron chi connectivity index (χ1n) is 5.35. The van der Waals surface area contributed by atoms with Crippen molar-refractivity contribution in [3.63, 3.8) is 0 Å². The number of nitrogens with zero attached hydrogens (tertiary/aromatic N) is 1. The van der Waals surface area contributed by atoms with Crippen molar-refractivity contribution in [1.29, 1.82) is 0 Å². The molecule has 14 heavy (non-hydrogen) atoms. The Morgan fingerprint density at radius 3 is 2.57 bits per heavy atom. The smallest absolute Gasteiger partial charge is 0.225 e. The van der Waals surface area contributed by atoms with Crippen LogP contribution in [0.4, 0.5) is 0 Å². The van der Waals surface area contributed by atoms with Gasteiger partial charge in [-0.1, -0.05) is 0 Å². The third kappa shape index (κ3) is 2.06. The van der Waals surface area contributed by atoms with Gasteiger partial charge in [0, 0.05) is 36.6 Å². The maximum absolute atomic E-state index is 11.9. The predicted molar refractivity (Wildman–Crippen MR) is 59.5 cm³/mol. The molecule has 2 rings (SSSR count). The molecule has 0 aromatic heterocycles. The van der Waals surface area contributed by atoms with Gasteiger partial charge in [-0.15, -0.1) is 0 Å². The van der Waals surface area contributed by atoms with Crippen LogP contribution in [-0.4, -0.2) is 48.5 Å². The van der Waals surface area contributed by atoms with Gasteiger partial charge in [-0.25, -0.2) is 0 Å². The number of nitrogens with one attached hydrogen (secondary N) is 1. The summed E-state index contributed by atoms with van der Waals surface area (Å²) in [6, 6.07) is 0.586. The van der Waals surface area contributed by atoms with E-state index in [-0.39, 0.29) is 0 Å². The average Bonchev–Trinajstić information content (AvgIpc) is 2.17. The van der Waals surface area contributed by atoms with Crippen molar-refractivity contribution >= 4 is 17.7 Å². The molecule has 1 aliphatic heterocycles. The summed E-state index contributed by atoms with van der Waals surface area (Å²) in [5.74, 6) is 2.95. The molecule has 4 heteroatoms. The lowest BCUT2D eigenvalue weighted by Crippen LogP contribution is -2.49. The molecule has 1 saturated carbocycles. The monoisotopic (exact) mass is 214 g/mol. The molecule has 1 N–H and O–H groups in total. The fourth-order valence-electron chi connectivity index (χ4n) is 2.10. The molecule has 1 saturated heterocycles. The van der Waals surface area contributed by atoms with E-state index in [1.807, 2.05) is 23.7 Å². The lowest BCUT2D eigenvalue weighted by atomic mass is 9.79. The van der Waals surface area contributed by atoms with Gasteiger partial charge in [-0.2, -0.15) is 11.8 Å². The highest BCUT2D eigenvalue weighted by molar-refractivity contribution is 7.99. The number of thioether (sulfide) groups is 1. The van der Waals surface area contributed by atoms with Crippen LogP contribution < -0.4 is 5.32 Å². The fourth-order valence-corrected chi connectivity index (χ4v) is 3.00. The van der Waals surface area contributed by atoms with Gasteiger partial charge >= 0.3 is 0 Å². The van der Waals surface area contributed by atoms with Crippen molar-refractivity contribution in [2.45, 2.75) is 18.9 Å². The third-order valence-corrected chi connectivity index (χ3v) is 4.16. The van der Waals surface area contributed by atoms with E-state index in [1.54, 1.807) is 0 Å². The van der Waals surface area contributed by atoms with Crippen LogP contribution in [0.5, 0.6) is 0 Å². The van der Waals surface area contributed by atoms with Crippen LogP contribution in [0.1, 0.15) is 12.8 Å². The Kier molecular flexibility index (Phi) is 3.34. The number of hydrogen-bond donors (Lipinski definition) is 1. The molecular weight excluding hydrogens is 196 g/mol. The summed E-state index contributed by atoms with van der Waals surface area (Å²) in [6.45, 7) is 1.93. The van der Waals surface area contributed by atoms with Gasteiger partial charge in [0.25, 0.3) is 0 Å². The second-order valence-electron chi connectivity index (χ2n) is 4.09. The summed E-state index contributed by atoms with van der Waals surface area (Å²) in [5.41, 5.74) is 0.